The maximum Gasteiger partial charge on any atom is 0.441 e. The second-order valence-electron chi connectivity index (χ2n) is 2.71. The summed E-state index contributed by atoms with van der Waals surface area (Å²) < 4.78 is 6.11. The molecule has 0 bridgehead atoms. The standard InChI is InChI=1S/C8H14N2O2/c1-3-5-6-7-9-12-8(11)10(7)4-2/h3-6H2,1-2H3. The van der Waals surface area contributed by atoms with Crippen molar-refractivity contribution < 1.29 is 4.52 Å². The lowest BCUT2D eigenvalue weighted by Crippen LogP contribution is -2.15. The third-order valence-corrected chi connectivity index (χ3v) is 1.83. The molecule has 0 aliphatic heterocycles. The quantitative estimate of drug-likeness (QED) is 0.682. The lowest BCUT2D eigenvalue weighted by molar-refractivity contribution is 0.373. The molecule has 0 spiro atoms. The van der Waals surface area contributed by atoms with Gasteiger partial charge in [0.05, 0.1) is 0 Å². The molecule has 68 valence electrons. The molecule has 0 aromatic carbocycles. The third-order valence-electron chi connectivity index (χ3n) is 1.83. The Morgan fingerprint density at radius 2 is 2.25 bits per heavy atom. The molecule has 4 heteroatoms. The normalized spacial score (nSPS) is 10.5. The van der Waals surface area contributed by atoms with E-state index in [2.05, 4.69) is 16.6 Å². The van der Waals surface area contributed by atoms with E-state index in [4.69, 9.17) is 0 Å². The highest BCUT2D eigenvalue weighted by atomic mass is 16.5. The first kappa shape index (κ1) is 9.03. The van der Waals surface area contributed by atoms with E-state index >= 15 is 0 Å². The van der Waals surface area contributed by atoms with Crippen LogP contribution >= 0.6 is 0 Å². The first-order valence-corrected chi connectivity index (χ1v) is 4.35. The zero-order valence-electron chi connectivity index (χ0n) is 7.54. The van der Waals surface area contributed by atoms with Crippen LogP contribution < -0.4 is 5.76 Å². The highest BCUT2D eigenvalue weighted by Gasteiger charge is 2.06. The summed E-state index contributed by atoms with van der Waals surface area (Å²) in [7, 11) is 0. The van der Waals surface area contributed by atoms with Gasteiger partial charge in [0, 0.05) is 13.0 Å². The van der Waals surface area contributed by atoms with Gasteiger partial charge in [-0.3, -0.25) is 9.09 Å². The monoisotopic (exact) mass is 170 g/mol. The highest BCUT2D eigenvalue weighted by Crippen LogP contribution is 1.99. The van der Waals surface area contributed by atoms with Gasteiger partial charge in [-0.05, 0) is 13.3 Å². The molecular formula is C8H14N2O2. The van der Waals surface area contributed by atoms with E-state index in [0.29, 0.717) is 6.54 Å². The van der Waals surface area contributed by atoms with Crippen molar-refractivity contribution in [3.63, 3.8) is 0 Å². The van der Waals surface area contributed by atoms with Gasteiger partial charge in [0.2, 0.25) is 0 Å². The number of hydrogen-bond donors (Lipinski definition) is 0. The molecule has 0 radical (unpaired) electrons. The zero-order valence-corrected chi connectivity index (χ0v) is 7.54. The van der Waals surface area contributed by atoms with Gasteiger partial charge >= 0.3 is 5.76 Å². The van der Waals surface area contributed by atoms with Crippen LogP contribution in [0.4, 0.5) is 0 Å². The smallest absolute Gasteiger partial charge is 0.296 e. The minimum atomic E-state index is -0.344. The lowest BCUT2D eigenvalue weighted by atomic mass is 10.2. The summed E-state index contributed by atoms with van der Waals surface area (Å²) >= 11 is 0. The van der Waals surface area contributed by atoms with E-state index in [1.807, 2.05) is 6.92 Å². The Morgan fingerprint density at radius 1 is 1.50 bits per heavy atom. The van der Waals surface area contributed by atoms with Gasteiger partial charge in [-0.2, -0.15) is 0 Å². The van der Waals surface area contributed by atoms with E-state index in [1.165, 1.54) is 0 Å². The molecule has 0 unspecified atom stereocenters. The zero-order chi connectivity index (χ0) is 8.97. The molecule has 0 saturated heterocycles. The Balaban J connectivity index is 2.77. The maximum atomic E-state index is 11.0. The van der Waals surface area contributed by atoms with Crippen LogP contribution in [0.15, 0.2) is 9.32 Å². The van der Waals surface area contributed by atoms with E-state index in [9.17, 15) is 4.79 Å². The number of aromatic nitrogens is 2. The number of hydrogen-bond acceptors (Lipinski definition) is 3. The first-order valence-electron chi connectivity index (χ1n) is 4.35. The lowest BCUT2D eigenvalue weighted by Gasteiger charge is -1.97. The second kappa shape index (κ2) is 4.09. The molecule has 1 heterocycles. The fourth-order valence-corrected chi connectivity index (χ4v) is 1.12. The summed E-state index contributed by atoms with van der Waals surface area (Å²) in [5, 5.41) is 3.70. The first-order chi connectivity index (χ1) is 5.79. The van der Waals surface area contributed by atoms with Crippen LogP contribution in [0.5, 0.6) is 0 Å². The van der Waals surface area contributed by atoms with Crippen molar-refractivity contribution in [1.82, 2.24) is 9.72 Å². The molecule has 12 heavy (non-hydrogen) atoms. The van der Waals surface area contributed by atoms with Gasteiger partial charge in [-0.1, -0.05) is 18.5 Å². The van der Waals surface area contributed by atoms with Gasteiger partial charge < -0.3 is 0 Å². The molecule has 1 aromatic rings. The summed E-state index contributed by atoms with van der Waals surface area (Å²) in [5.41, 5.74) is 0. The number of unbranched alkanes of at least 4 members (excludes halogenated alkanes) is 1. The van der Waals surface area contributed by atoms with Crippen molar-refractivity contribution in [3.8, 4) is 0 Å². The molecule has 0 amide bonds. The topological polar surface area (TPSA) is 48.0 Å². The summed E-state index contributed by atoms with van der Waals surface area (Å²) in [5.74, 6) is 0.424. The van der Waals surface area contributed by atoms with Gasteiger partial charge in [0.15, 0.2) is 5.82 Å². The van der Waals surface area contributed by atoms with E-state index < -0.39 is 0 Å². The molecule has 0 fully saturated rings. The Bertz CT molecular complexity index is 287. The molecule has 1 aromatic heterocycles. The SMILES string of the molecule is CCCCc1noc(=O)n1CC. The van der Waals surface area contributed by atoms with Gasteiger partial charge in [-0.25, -0.2) is 4.79 Å². The van der Waals surface area contributed by atoms with Crippen LogP contribution in [0.25, 0.3) is 0 Å². The molecule has 0 saturated carbocycles. The van der Waals surface area contributed by atoms with Gasteiger partial charge in [-0.15, -0.1) is 0 Å². The summed E-state index contributed by atoms with van der Waals surface area (Å²) in [6.07, 6.45) is 2.98. The van der Waals surface area contributed by atoms with E-state index in [1.54, 1.807) is 4.57 Å². The Morgan fingerprint density at radius 3 is 2.83 bits per heavy atom. The Hall–Kier alpha value is -1.06. The molecule has 0 aliphatic rings. The van der Waals surface area contributed by atoms with Crippen molar-refractivity contribution in [2.75, 3.05) is 0 Å². The van der Waals surface area contributed by atoms with Crippen molar-refractivity contribution in [3.05, 3.63) is 16.4 Å². The van der Waals surface area contributed by atoms with Gasteiger partial charge in [0.25, 0.3) is 0 Å². The number of rotatable bonds is 4. The fraction of sp³-hybridized carbons (Fsp3) is 0.750. The minimum absolute atomic E-state index is 0.344. The van der Waals surface area contributed by atoms with Crippen LogP contribution in [0.3, 0.4) is 0 Å². The predicted octanol–water partition coefficient (Wildman–Crippen LogP) is 1.20. The van der Waals surface area contributed by atoms with E-state index in [-0.39, 0.29) is 5.76 Å². The van der Waals surface area contributed by atoms with Crippen LogP contribution in [-0.2, 0) is 13.0 Å². The summed E-state index contributed by atoms with van der Waals surface area (Å²) in [6, 6.07) is 0. The molecule has 1 rings (SSSR count). The molecular weight excluding hydrogens is 156 g/mol. The summed E-state index contributed by atoms with van der Waals surface area (Å²) in [6.45, 7) is 4.66. The van der Waals surface area contributed by atoms with Crippen molar-refractivity contribution in [2.24, 2.45) is 0 Å². The van der Waals surface area contributed by atoms with Crippen molar-refractivity contribution in [1.29, 1.82) is 0 Å². The fourth-order valence-electron chi connectivity index (χ4n) is 1.12. The van der Waals surface area contributed by atoms with Crippen LogP contribution in [-0.4, -0.2) is 9.72 Å². The maximum absolute atomic E-state index is 11.0. The minimum Gasteiger partial charge on any atom is -0.296 e. The second-order valence-corrected chi connectivity index (χ2v) is 2.71. The van der Waals surface area contributed by atoms with Crippen LogP contribution in [0.1, 0.15) is 32.5 Å². The van der Waals surface area contributed by atoms with Crippen molar-refractivity contribution >= 4 is 0 Å². The Labute approximate surface area is 71.2 Å². The summed E-state index contributed by atoms with van der Waals surface area (Å²) in [4.78, 5) is 11.0. The Kier molecular flexibility index (Phi) is 3.08. The van der Waals surface area contributed by atoms with Crippen LogP contribution in [0, 0.1) is 0 Å². The molecule has 0 aliphatic carbocycles. The number of aryl methyl sites for hydroxylation is 1. The van der Waals surface area contributed by atoms with Gasteiger partial charge in [0.1, 0.15) is 0 Å². The average Bonchev–Trinajstić information content (AvgIpc) is 2.43. The number of nitrogens with zero attached hydrogens (tertiary/aromatic N) is 2. The molecule has 4 nitrogen and oxygen atoms in total. The third kappa shape index (κ3) is 1.75. The molecule has 0 atom stereocenters. The predicted molar refractivity (Wildman–Crippen MR) is 45.0 cm³/mol. The van der Waals surface area contributed by atoms with Crippen molar-refractivity contribution in [2.45, 2.75) is 39.7 Å². The highest BCUT2D eigenvalue weighted by molar-refractivity contribution is 4.83. The molecule has 0 N–H and O–H groups in total. The van der Waals surface area contributed by atoms with E-state index in [0.717, 1.165) is 25.1 Å². The average molecular weight is 170 g/mol. The largest absolute Gasteiger partial charge is 0.441 e. The van der Waals surface area contributed by atoms with Crippen LogP contribution in [0.2, 0.25) is 0 Å².